The molecule has 0 unspecified atom stereocenters. The highest BCUT2D eigenvalue weighted by molar-refractivity contribution is 6.16. The molecule has 49 heavy (non-hydrogen) atoms. The van der Waals surface area contributed by atoms with E-state index in [0.29, 0.717) is 56.8 Å². The zero-order chi connectivity index (χ0) is 35.2. The van der Waals surface area contributed by atoms with Crippen LogP contribution in [-0.2, 0) is 5.54 Å². The van der Waals surface area contributed by atoms with Crippen LogP contribution in [0.1, 0.15) is 48.5 Å². The molecule has 13 nitrogen and oxygen atoms in total. The Labute approximate surface area is 282 Å². The molecule has 6 rings (SSSR count). The number of hydrazone groups is 1. The summed E-state index contributed by atoms with van der Waals surface area (Å²) in [6.45, 7) is 0. The Morgan fingerprint density at radius 3 is 1.27 bits per heavy atom. The van der Waals surface area contributed by atoms with Crippen LogP contribution in [-0.4, -0.2) is 84.9 Å². The van der Waals surface area contributed by atoms with Gasteiger partial charge in [0.1, 0.15) is 5.54 Å². The van der Waals surface area contributed by atoms with Gasteiger partial charge in [0.15, 0.2) is 51.8 Å². The van der Waals surface area contributed by atoms with Crippen LogP contribution in [0, 0.1) is 0 Å². The van der Waals surface area contributed by atoms with E-state index >= 15 is 0 Å². The highest BCUT2D eigenvalue weighted by Crippen LogP contribution is 2.58. The van der Waals surface area contributed by atoms with E-state index in [1.54, 1.807) is 48.5 Å². The van der Waals surface area contributed by atoms with Crippen LogP contribution in [0.15, 0.2) is 53.6 Å². The Bertz CT molecular complexity index is 1950. The highest BCUT2D eigenvalue weighted by atomic mass is 16.5. The normalized spacial score (nSPS) is 13.9. The van der Waals surface area contributed by atoms with Gasteiger partial charge in [-0.3, -0.25) is 9.59 Å². The van der Waals surface area contributed by atoms with Gasteiger partial charge < -0.3 is 43.0 Å². The lowest BCUT2D eigenvalue weighted by molar-refractivity contribution is 0.0675. The van der Waals surface area contributed by atoms with Crippen molar-refractivity contribution in [2.75, 3.05) is 56.9 Å². The fraction of sp³-hybridized carbons (Fsp3) is 0.250. The first-order valence-electron chi connectivity index (χ1n) is 14.8. The number of carbonyl (C=O) groups excluding carboxylic acids is 2. The van der Waals surface area contributed by atoms with Crippen molar-refractivity contribution in [1.82, 2.24) is 5.01 Å². The molecule has 4 aromatic rings. The summed E-state index contributed by atoms with van der Waals surface area (Å²) in [5.74, 6) is 1.11. The summed E-state index contributed by atoms with van der Waals surface area (Å²) in [5.41, 5.74) is 0.758. The Morgan fingerprint density at radius 2 is 0.878 bits per heavy atom. The van der Waals surface area contributed by atoms with E-state index in [4.69, 9.17) is 43.0 Å². The molecule has 1 aliphatic carbocycles. The molecule has 2 aliphatic rings. The average molecular weight is 671 g/mol. The third-order valence-corrected chi connectivity index (χ3v) is 8.79. The molecule has 13 heteroatoms. The summed E-state index contributed by atoms with van der Waals surface area (Å²) in [5, 5.41) is 16.6. The zero-order valence-electron chi connectivity index (χ0n) is 28.1. The van der Waals surface area contributed by atoms with Crippen LogP contribution in [0.5, 0.6) is 51.7 Å². The SMILES string of the molecule is COc1cc2c(cc1OC)C1(c3cc(OC)c(OC)cc3C2=O)c2cc(OC)c(OC)cc2C(=O)N1/N=C/c1cc(OC)c(O)c(OC)c1. The van der Waals surface area contributed by atoms with E-state index < -0.39 is 11.4 Å². The topological polar surface area (TPSA) is 144 Å². The first kappa shape index (κ1) is 32.8. The number of ether oxygens (including phenoxy) is 8. The van der Waals surface area contributed by atoms with Crippen molar-refractivity contribution >= 4 is 17.9 Å². The molecule has 1 heterocycles. The molecule has 0 radical (unpaired) electrons. The Morgan fingerprint density at radius 1 is 0.531 bits per heavy atom. The quantitative estimate of drug-likeness (QED) is 0.233. The molecule has 0 saturated heterocycles. The first-order valence-corrected chi connectivity index (χ1v) is 14.8. The van der Waals surface area contributed by atoms with Crippen molar-refractivity contribution in [2.45, 2.75) is 5.54 Å². The minimum atomic E-state index is -1.61. The van der Waals surface area contributed by atoms with Crippen molar-refractivity contribution in [3.8, 4) is 51.7 Å². The maximum Gasteiger partial charge on any atom is 0.276 e. The number of hydrogen-bond donors (Lipinski definition) is 1. The number of benzene rings is 4. The molecule has 0 atom stereocenters. The van der Waals surface area contributed by atoms with Crippen molar-refractivity contribution in [3.63, 3.8) is 0 Å². The predicted molar refractivity (Wildman–Crippen MR) is 177 cm³/mol. The Balaban J connectivity index is 1.77. The summed E-state index contributed by atoms with van der Waals surface area (Å²) in [4.78, 5) is 29.2. The number of methoxy groups -OCH3 is 8. The van der Waals surface area contributed by atoms with Crippen molar-refractivity contribution in [1.29, 1.82) is 0 Å². The minimum Gasteiger partial charge on any atom is -0.502 e. The van der Waals surface area contributed by atoms with E-state index in [1.807, 2.05) is 0 Å². The summed E-state index contributed by atoms with van der Waals surface area (Å²) < 4.78 is 44.6. The molecule has 1 N–H and O–H groups in total. The maximum absolute atomic E-state index is 14.7. The lowest BCUT2D eigenvalue weighted by Gasteiger charge is -2.42. The van der Waals surface area contributed by atoms with E-state index in [1.165, 1.54) is 68.1 Å². The number of ketones is 1. The zero-order valence-corrected chi connectivity index (χ0v) is 28.1. The summed E-state index contributed by atoms with van der Waals surface area (Å²) in [6, 6.07) is 12.9. The van der Waals surface area contributed by atoms with Gasteiger partial charge in [-0.2, -0.15) is 5.10 Å². The molecule has 1 spiro atoms. The van der Waals surface area contributed by atoms with Crippen LogP contribution in [0.3, 0.4) is 0 Å². The molecular formula is C36H34N2O11. The highest BCUT2D eigenvalue weighted by Gasteiger charge is 2.58. The average Bonchev–Trinajstić information content (AvgIpc) is 3.37. The van der Waals surface area contributed by atoms with Gasteiger partial charge in [0.25, 0.3) is 5.91 Å². The van der Waals surface area contributed by atoms with E-state index in [9.17, 15) is 14.7 Å². The van der Waals surface area contributed by atoms with Gasteiger partial charge in [0, 0.05) is 33.4 Å². The molecule has 1 aliphatic heterocycles. The summed E-state index contributed by atoms with van der Waals surface area (Å²) in [6.07, 6.45) is 1.43. The lowest BCUT2D eigenvalue weighted by Crippen LogP contribution is -2.47. The second kappa shape index (κ2) is 12.5. The van der Waals surface area contributed by atoms with Crippen LogP contribution in [0.4, 0.5) is 0 Å². The van der Waals surface area contributed by atoms with Crippen molar-refractivity contribution < 1.29 is 52.6 Å². The van der Waals surface area contributed by atoms with E-state index in [-0.39, 0.29) is 39.7 Å². The minimum absolute atomic E-state index is 0.133. The molecule has 254 valence electrons. The number of fused-ring (bicyclic) bond motifs is 6. The number of phenolic OH excluding ortho intramolecular Hbond substituents is 1. The van der Waals surface area contributed by atoms with E-state index in [2.05, 4.69) is 0 Å². The predicted octanol–water partition coefficient (Wildman–Crippen LogP) is 4.79. The second-order valence-electron chi connectivity index (χ2n) is 10.9. The number of phenols is 1. The number of aromatic hydroxyl groups is 1. The number of amides is 1. The number of hydrogen-bond acceptors (Lipinski definition) is 12. The largest absolute Gasteiger partial charge is 0.502 e. The van der Waals surface area contributed by atoms with Crippen molar-refractivity contribution in [3.05, 3.63) is 87.5 Å². The van der Waals surface area contributed by atoms with E-state index in [0.717, 1.165) is 0 Å². The van der Waals surface area contributed by atoms with Gasteiger partial charge in [-0.15, -0.1) is 0 Å². The number of carbonyl (C=O) groups is 2. The monoisotopic (exact) mass is 670 g/mol. The molecule has 0 aromatic heterocycles. The van der Waals surface area contributed by atoms with Crippen LogP contribution in [0.25, 0.3) is 0 Å². The standard InChI is InChI=1S/C36H34N2O11/c1-42-25-11-19-22(14-28(25)45-4)36(23-15-29(46-5)26(43-2)12-20(23)33(19)39)24-16-30(47-6)27(44-3)13-21(24)35(41)38(36)37-17-18-9-31(48-7)34(40)32(10-18)49-8/h9-17,40H,1-8H3/b37-17+. The van der Waals surface area contributed by atoms with Crippen LogP contribution in [0.2, 0.25) is 0 Å². The lowest BCUT2D eigenvalue weighted by atomic mass is 9.68. The van der Waals surface area contributed by atoms with Gasteiger partial charge in [0.2, 0.25) is 5.75 Å². The smallest absolute Gasteiger partial charge is 0.276 e. The summed E-state index contributed by atoms with van der Waals surface area (Å²) in [7, 11) is 11.7. The fourth-order valence-corrected chi connectivity index (χ4v) is 6.53. The molecule has 0 fully saturated rings. The molecular weight excluding hydrogens is 636 g/mol. The molecule has 1 amide bonds. The van der Waals surface area contributed by atoms with Crippen molar-refractivity contribution in [2.24, 2.45) is 5.10 Å². The summed E-state index contributed by atoms with van der Waals surface area (Å²) >= 11 is 0. The Kier molecular flexibility index (Phi) is 8.36. The van der Waals surface area contributed by atoms with Gasteiger partial charge in [0.05, 0.1) is 68.7 Å². The third kappa shape index (κ3) is 4.72. The first-order chi connectivity index (χ1) is 23.7. The van der Waals surface area contributed by atoms with Gasteiger partial charge >= 0.3 is 0 Å². The van der Waals surface area contributed by atoms with Gasteiger partial charge in [-0.25, -0.2) is 5.01 Å². The van der Waals surface area contributed by atoms with Gasteiger partial charge in [-0.05, 0) is 48.5 Å². The fourth-order valence-electron chi connectivity index (χ4n) is 6.53. The third-order valence-electron chi connectivity index (χ3n) is 8.79. The van der Waals surface area contributed by atoms with Gasteiger partial charge in [-0.1, -0.05) is 0 Å². The molecule has 4 aromatic carbocycles. The Hall–Kier alpha value is -6.11. The number of nitrogens with zero attached hydrogens (tertiary/aromatic N) is 2. The molecule has 0 saturated carbocycles. The number of rotatable bonds is 10. The molecule has 0 bridgehead atoms. The van der Waals surface area contributed by atoms with Crippen LogP contribution < -0.4 is 37.9 Å². The second-order valence-corrected chi connectivity index (χ2v) is 10.9. The maximum atomic E-state index is 14.7. The van der Waals surface area contributed by atoms with Crippen LogP contribution >= 0.6 is 0 Å².